The zero-order valence-corrected chi connectivity index (χ0v) is 11.3. The van der Waals surface area contributed by atoms with E-state index >= 15 is 0 Å². The molecular formula is C14H14FNO5. The molecular weight excluding hydrogens is 281 g/mol. The number of nitrogens with zero attached hydrogens (tertiary/aromatic N) is 1. The summed E-state index contributed by atoms with van der Waals surface area (Å²) in [4.78, 5) is 36.0. The van der Waals surface area contributed by atoms with Crippen molar-refractivity contribution in [1.82, 2.24) is 4.90 Å². The van der Waals surface area contributed by atoms with Crippen molar-refractivity contribution < 1.29 is 28.6 Å². The second-order valence-corrected chi connectivity index (χ2v) is 4.76. The minimum absolute atomic E-state index is 0.0279. The summed E-state index contributed by atoms with van der Waals surface area (Å²) in [5, 5.41) is 9.35. The Hall–Kier alpha value is -2.44. The minimum atomic E-state index is -1.24. The number of hydrogen-bond acceptors (Lipinski definition) is 4. The Kier molecular flexibility index (Phi) is 4.21. The quantitative estimate of drug-likeness (QED) is 0.837. The fourth-order valence-electron chi connectivity index (χ4n) is 2.41. The standard InChI is InChI=1S/C14H14FNO5/c1-21-14(20)9-6-11(17)16(7-9)12(13(18)19)8-2-4-10(15)5-3-8/h2-5,9,12H,6-7H2,1H3,(H,18,19). The Morgan fingerprint density at radius 1 is 1.38 bits per heavy atom. The summed E-state index contributed by atoms with van der Waals surface area (Å²) in [5.41, 5.74) is 0.280. The molecule has 112 valence electrons. The summed E-state index contributed by atoms with van der Waals surface area (Å²) in [6.07, 6.45) is -0.0857. The van der Waals surface area contributed by atoms with E-state index in [1.807, 2.05) is 0 Å². The van der Waals surface area contributed by atoms with Crippen LogP contribution in [0.25, 0.3) is 0 Å². The van der Waals surface area contributed by atoms with Crippen LogP contribution in [-0.4, -0.2) is 41.5 Å². The van der Waals surface area contributed by atoms with Crippen LogP contribution in [0.1, 0.15) is 18.0 Å². The molecule has 1 aromatic rings. The van der Waals surface area contributed by atoms with Gasteiger partial charge in [-0.3, -0.25) is 9.59 Å². The van der Waals surface area contributed by atoms with Gasteiger partial charge < -0.3 is 14.7 Å². The van der Waals surface area contributed by atoms with E-state index in [1.54, 1.807) is 0 Å². The van der Waals surface area contributed by atoms with Crippen LogP contribution in [0.15, 0.2) is 24.3 Å². The summed E-state index contributed by atoms with van der Waals surface area (Å²) in [6, 6.07) is 3.64. The number of carboxylic acid groups (broad SMARTS) is 1. The number of carbonyl (C=O) groups is 3. The number of likely N-dealkylation sites (tertiary alicyclic amines) is 1. The number of halogens is 1. The summed E-state index contributed by atoms with van der Waals surface area (Å²) in [7, 11) is 1.21. The Labute approximate surface area is 120 Å². The smallest absolute Gasteiger partial charge is 0.331 e. The molecule has 0 radical (unpaired) electrons. The molecule has 2 rings (SSSR count). The highest BCUT2D eigenvalue weighted by Gasteiger charge is 2.41. The lowest BCUT2D eigenvalue weighted by atomic mass is 10.1. The Morgan fingerprint density at radius 2 is 2.00 bits per heavy atom. The number of hydrogen-bond donors (Lipinski definition) is 1. The van der Waals surface area contributed by atoms with Crippen LogP contribution < -0.4 is 0 Å². The fourth-order valence-corrected chi connectivity index (χ4v) is 2.41. The number of benzene rings is 1. The number of methoxy groups -OCH3 is 1. The predicted molar refractivity (Wildman–Crippen MR) is 68.6 cm³/mol. The van der Waals surface area contributed by atoms with E-state index in [4.69, 9.17) is 0 Å². The lowest BCUT2D eigenvalue weighted by molar-refractivity contribution is -0.149. The van der Waals surface area contributed by atoms with Crippen molar-refractivity contribution in [2.24, 2.45) is 5.92 Å². The van der Waals surface area contributed by atoms with Crippen LogP contribution in [0.5, 0.6) is 0 Å². The SMILES string of the molecule is COC(=O)C1CC(=O)N(C(C(=O)O)c2ccc(F)cc2)C1. The van der Waals surface area contributed by atoms with Gasteiger partial charge in [-0.05, 0) is 17.7 Å². The van der Waals surface area contributed by atoms with Gasteiger partial charge in [0.15, 0.2) is 6.04 Å². The summed E-state index contributed by atoms with van der Waals surface area (Å²) < 4.78 is 17.5. The first-order valence-electron chi connectivity index (χ1n) is 6.29. The molecule has 1 amide bonds. The molecule has 1 heterocycles. The normalized spacial score (nSPS) is 19.4. The van der Waals surface area contributed by atoms with Gasteiger partial charge in [0.1, 0.15) is 5.82 Å². The maximum atomic E-state index is 12.9. The molecule has 1 aliphatic heterocycles. The van der Waals surface area contributed by atoms with E-state index in [0.717, 1.165) is 17.0 Å². The Bertz CT molecular complexity index is 571. The molecule has 1 fully saturated rings. The molecule has 6 nitrogen and oxygen atoms in total. The van der Waals surface area contributed by atoms with Gasteiger partial charge in [-0.15, -0.1) is 0 Å². The average Bonchev–Trinajstić information content (AvgIpc) is 2.82. The van der Waals surface area contributed by atoms with Gasteiger partial charge in [0.2, 0.25) is 5.91 Å². The van der Waals surface area contributed by atoms with Crippen molar-refractivity contribution in [1.29, 1.82) is 0 Å². The summed E-state index contributed by atoms with van der Waals surface area (Å²) in [6.45, 7) is -0.0279. The molecule has 0 aromatic heterocycles. The van der Waals surface area contributed by atoms with Crippen molar-refractivity contribution in [3.8, 4) is 0 Å². The van der Waals surface area contributed by atoms with Gasteiger partial charge >= 0.3 is 11.9 Å². The lowest BCUT2D eigenvalue weighted by Crippen LogP contribution is -2.36. The molecule has 2 atom stereocenters. The molecule has 1 aromatic carbocycles. The van der Waals surface area contributed by atoms with Crippen LogP contribution in [0.4, 0.5) is 4.39 Å². The third-order valence-corrected chi connectivity index (χ3v) is 3.42. The predicted octanol–water partition coefficient (Wildman–Crippen LogP) is 0.973. The first kappa shape index (κ1) is 15.0. The summed E-state index contributed by atoms with van der Waals surface area (Å²) >= 11 is 0. The molecule has 2 unspecified atom stereocenters. The van der Waals surface area contributed by atoms with Crippen LogP contribution >= 0.6 is 0 Å². The van der Waals surface area contributed by atoms with E-state index in [2.05, 4.69) is 4.74 Å². The van der Waals surface area contributed by atoms with Crippen molar-refractivity contribution >= 4 is 17.8 Å². The highest BCUT2D eigenvalue weighted by Crippen LogP contribution is 2.29. The van der Waals surface area contributed by atoms with Crippen LogP contribution in [-0.2, 0) is 19.1 Å². The first-order chi connectivity index (χ1) is 9.93. The van der Waals surface area contributed by atoms with Crippen LogP contribution in [0.3, 0.4) is 0 Å². The number of ether oxygens (including phenoxy) is 1. The molecule has 1 saturated heterocycles. The van der Waals surface area contributed by atoms with Crippen LogP contribution in [0, 0.1) is 11.7 Å². The average molecular weight is 295 g/mol. The number of aliphatic carboxylic acids is 1. The molecule has 0 spiro atoms. The topological polar surface area (TPSA) is 83.9 Å². The number of carboxylic acids is 1. The number of carbonyl (C=O) groups excluding carboxylic acids is 2. The van der Waals surface area contributed by atoms with Gasteiger partial charge in [0, 0.05) is 13.0 Å². The van der Waals surface area contributed by atoms with E-state index in [9.17, 15) is 23.9 Å². The highest BCUT2D eigenvalue weighted by atomic mass is 19.1. The van der Waals surface area contributed by atoms with Crippen molar-refractivity contribution in [3.63, 3.8) is 0 Å². The van der Waals surface area contributed by atoms with Crippen molar-refractivity contribution in [2.45, 2.75) is 12.5 Å². The number of rotatable bonds is 4. The second kappa shape index (κ2) is 5.90. The van der Waals surface area contributed by atoms with Gasteiger partial charge in [-0.2, -0.15) is 0 Å². The van der Waals surface area contributed by atoms with Crippen molar-refractivity contribution in [2.75, 3.05) is 13.7 Å². The van der Waals surface area contributed by atoms with Gasteiger partial charge in [0.05, 0.1) is 13.0 Å². The zero-order valence-electron chi connectivity index (χ0n) is 11.3. The maximum Gasteiger partial charge on any atom is 0.331 e. The summed E-state index contributed by atoms with van der Waals surface area (Å²) in [5.74, 6) is -3.40. The van der Waals surface area contributed by atoms with E-state index in [0.29, 0.717) is 0 Å². The number of esters is 1. The third kappa shape index (κ3) is 3.01. The monoisotopic (exact) mass is 295 g/mol. The zero-order chi connectivity index (χ0) is 15.6. The maximum absolute atomic E-state index is 12.9. The first-order valence-corrected chi connectivity index (χ1v) is 6.29. The molecule has 0 saturated carbocycles. The van der Waals surface area contributed by atoms with Crippen LogP contribution in [0.2, 0.25) is 0 Å². The molecule has 0 bridgehead atoms. The second-order valence-electron chi connectivity index (χ2n) is 4.76. The Morgan fingerprint density at radius 3 is 2.52 bits per heavy atom. The highest BCUT2D eigenvalue weighted by molar-refractivity contribution is 5.90. The minimum Gasteiger partial charge on any atom is -0.479 e. The van der Waals surface area contributed by atoms with Gasteiger partial charge in [-0.25, -0.2) is 9.18 Å². The lowest BCUT2D eigenvalue weighted by Gasteiger charge is -2.24. The number of amides is 1. The largest absolute Gasteiger partial charge is 0.479 e. The Balaban J connectivity index is 2.27. The molecule has 21 heavy (non-hydrogen) atoms. The van der Waals surface area contributed by atoms with Gasteiger partial charge in [0.25, 0.3) is 0 Å². The molecule has 7 heteroatoms. The third-order valence-electron chi connectivity index (χ3n) is 3.42. The molecule has 0 aliphatic carbocycles. The fraction of sp³-hybridized carbons (Fsp3) is 0.357. The molecule has 1 N–H and O–H groups in total. The van der Waals surface area contributed by atoms with E-state index in [-0.39, 0.29) is 18.5 Å². The molecule has 1 aliphatic rings. The van der Waals surface area contributed by atoms with Gasteiger partial charge in [-0.1, -0.05) is 12.1 Å². The van der Waals surface area contributed by atoms with E-state index in [1.165, 1.54) is 19.2 Å². The van der Waals surface area contributed by atoms with E-state index < -0.39 is 35.6 Å². The van der Waals surface area contributed by atoms with Crippen molar-refractivity contribution in [3.05, 3.63) is 35.6 Å².